The quantitative estimate of drug-likeness (QED) is 0.892. The second kappa shape index (κ2) is 6.66. The van der Waals surface area contributed by atoms with E-state index in [0.717, 1.165) is 34.6 Å². The Balaban J connectivity index is 2.02. The van der Waals surface area contributed by atoms with E-state index in [-0.39, 0.29) is 11.8 Å². The minimum absolute atomic E-state index is 0.0381. The summed E-state index contributed by atoms with van der Waals surface area (Å²) in [5.74, 6) is 1.93. The van der Waals surface area contributed by atoms with Crippen molar-refractivity contribution in [1.82, 2.24) is 5.32 Å². The molecule has 104 valence electrons. The number of hydrogen-bond acceptors (Lipinski definition) is 3. The fourth-order valence-electron chi connectivity index (χ4n) is 2.16. The van der Waals surface area contributed by atoms with Crippen molar-refractivity contribution in [3.63, 3.8) is 0 Å². The van der Waals surface area contributed by atoms with Crippen LogP contribution in [0.4, 0.5) is 0 Å². The van der Waals surface area contributed by atoms with Crippen molar-refractivity contribution in [2.75, 3.05) is 18.6 Å². The Morgan fingerprint density at radius 3 is 3.11 bits per heavy atom. The van der Waals surface area contributed by atoms with Gasteiger partial charge in [-0.3, -0.25) is 4.79 Å². The first-order valence-electron chi connectivity index (χ1n) is 6.32. The molecule has 0 aliphatic carbocycles. The van der Waals surface area contributed by atoms with Crippen molar-refractivity contribution in [2.24, 2.45) is 5.92 Å². The number of thioether (sulfide) groups is 1. The number of hydrogen-bond donors (Lipinski definition) is 1. The zero-order valence-corrected chi connectivity index (χ0v) is 13.6. The zero-order valence-electron chi connectivity index (χ0n) is 11.2. The van der Waals surface area contributed by atoms with Gasteiger partial charge in [-0.15, -0.1) is 0 Å². The molecule has 1 aromatic rings. The first-order chi connectivity index (χ1) is 9.11. The summed E-state index contributed by atoms with van der Waals surface area (Å²) >= 11 is 5.19. The Bertz CT molecular complexity index is 479. The zero-order chi connectivity index (χ0) is 13.8. The summed E-state index contributed by atoms with van der Waals surface area (Å²) in [6.45, 7) is 3.21. The summed E-state index contributed by atoms with van der Waals surface area (Å²) in [7, 11) is 0. The maximum absolute atomic E-state index is 11.9. The van der Waals surface area contributed by atoms with E-state index in [9.17, 15) is 4.79 Å². The number of carbonyl (C=O) groups is 1. The third kappa shape index (κ3) is 3.66. The molecule has 0 saturated carbocycles. The lowest BCUT2D eigenvalue weighted by atomic mass is 10.1. The number of ether oxygens (including phenoxy) is 1. The molecule has 1 atom stereocenters. The molecule has 0 bridgehead atoms. The first-order valence-corrected chi connectivity index (χ1v) is 8.51. The van der Waals surface area contributed by atoms with E-state index < -0.39 is 0 Å². The number of carbonyl (C=O) groups excluding carboxylic acids is 1. The van der Waals surface area contributed by atoms with Crippen molar-refractivity contribution in [3.05, 3.63) is 27.7 Å². The summed E-state index contributed by atoms with van der Waals surface area (Å²) in [5, 5.41) is 2.99. The molecule has 0 radical (unpaired) electrons. The number of rotatable bonds is 5. The lowest BCUT2D eigenvalue weighted by molar-refractivity contribution is -0.124. The molecule has 1 N–H and O–H groups in total. The van der Waals surface area contributed by atoms with Crippen LogP contribution >= 0.6 is 27.7 Å². The Kier molecular flexibility index (Phi) is 5.16. The van der Waals surface area contributed by atoms with Gasteiger partial charge in [0.1, 0.15) is 5.75 Å². The molecule has 1 aliphatic heterocycles. The van der Waals surface area contributed by atoms with E-state index >= 15 is 0 Å². The molecule has 0 aromatic heterocycles. The topological polar surface area (TPSA) is 38.3 Å². The number of fused-ring (bicyclic) bond motifs is 1. The molecule has 1 unspecified atom stereocenters. The van der Waals surface area contributed by atoms with Gasteiger partial charge in [-0.2, -0.15) is 11.8 Å². The van der Waals surface area contributed by atoms with Gasteiger partial charge in [-0.05, 0) is 24.0 Å². The Morgan fingerprint density at radius 1 is 1.58 bits per heavy atom. The SMILES string of the molecule is CSCC(C)C(=O)NCc1cc(Br)cc2c1OCC2. The van der Waals surface area contributed by atoms with Crippen LogP contribution < -0.4 is 10.1 Å². The molecule has 5 heteroatoms. The van der Waals surface area contributed by atoms with Gasteiger partial charge in [0.15, 0.2) is 0 Å². The average Bonchev–Trinajstić information content (AvgIpc) is 2.83. The highest BCUT2D eigenvalue weighted by Crippen LogP contribution is 2.32. The first kappa shape index (κ1) is 14.7. The van der Waals surface area contributed by atoms with Crippen molar-refractivity contribution < 1.29 is 9.53 Å². The van der Waals surface area contributed by atoms with Crippen LogP contribution in [0.5, 0.6) is 5.75 Å². The predicted octanol–water partition coefficient (Wildman–Crippen LogP) is 3.00. The Morgan fingerprint density at radius 2 is 2.37 bits per heavy atom. The van der Waals surface area contributed by atoms with Crippen LogP contribution in [-0.4, -0.2) is 24.5 Å². The van der Waals surface area contributed by atoms with E-state index in [0.29, 0.717) is 6.54 Å². The maximum Gasteiger partial charge on any atom is 0.223 e. The van der Waals surface area contributed by atoms with Crippen molar-refractivity contribution in [3.8, 4) is 5.75 Å². The lowest BCUT2D eigenvalue weighted by Gasteiger charge is -2.13. The van der Waals surface area contributed by atoms with Crippen LogP contribution in [0.3, 0.4) is 0 Å². The van der Waals surface area contributed by atoms with E-state index in [1.54, 1.807) is 11.8 Å². The molecule has 0 saturated heterocycles. The molecule has 3 nitrogen and oxygen atoms in total. The third-order valence-electron chi connectivity index (χ3n) is 3.14. The van der Waals surface area contributed by atoms with Crippen LogP contribution in [0.1, 0.15) is 18.1 Å². The van der Waals surface area contributed by atoms with Crippen molar-refractivity contribution in [2.45, 2.75) is 19.9 Å². The van der Waals surface area contributed by atoms with Crippen LogP contribution in [0.2, 0.25) is 0 Å². The maximum atomic E-state index is 11.9. The number of amides is 1. The van der Waals surface area contributed by atoms with Gasteiger partial charge < -0.3 is 10.1 Å². The highest BCUT2D eigenvalue weighted by atomic mass is 79.9. The van der Waals surface area contributed by atoms with Gasteiger partial charge in [0.25, 0.3) is 0 Å². The van der Waals surface area contributed by atoms with Crippen LogP contribution in [0, 0.1) is 5.92 Å². The van der Waals surface area contributed by atoms with E-state index in [1.807, 2.05) is 19.2 Å². The van der Waals surface area contributed by atoms with E-state index in [1.165, 1.54) is 5.56 Å². The summed E-state index contributed by atoms with van der Waals surface area (Å²) < 4.78 is 6.69. The lowest BCUT2D eigenvalue weighted by Crippen LogP contribution is -2.30. The normalized spacial score (nSPS) is 14.7. The fraction of sp³-hybridized carbons (Fsp3) is 0.500. The second-order valence-electron chi connectivity index (χ2n) is 4.73. The summed E-state index contributed by atoms with van der Waals surface area (Å²) in [5.41, 5.74) is 2.27. The van der Waals surface area contributed by atoms with Crippen LogP contribution in [0.15, 0.2) is 16.6 Å². The number of halogens is 1. The molecular weight excluding hydrogens is 326 g/mol. The molecule has 2 rings (SSSR count). The van der Waals surface area contributed by atoms with Gasteiger partial charge >= 0.3 is 0 Å². The fourth-order valence-corrected chi connectivity index (χ4v) is 3.36. The molecule has 19 heavy (non-hydrogen) atoms. The minimum atomic E-state index is 0.0381. The average molecular weight is 344 g/mol. The van der Waals surface area contributed by atoms with Gasteiger partial charge in [0, 0.05) is 34.7 Å². The minimum Gasteiger partial charge on any atom is -0.493 e. The Labute approximate surface area is 126 Å². The monoisotopic (exact) mass is 343 g/mol. The molecule has 1 heterocycles. The summed E-state index contributed by atoms with van der Waals surface area (Å²) in [6, 6.07) is 4.10. The van der Waals surface area contributed by atoms with Gasteiger partial charge in [0.05, 0.1) is 6.61 Å². The van der Waals surface area contributed by atoms with E-state index in [4.69, 9.17) is 4.74 Å². The van der Waals surface area contributed by atoms with Crippen LogP contribution in [-0.2, 0) is 17.8 Å². The van der Waals surface area contributed by atoms with Gasteiger partial charge in [0.2, 0.25) is 5.91 Å². The summed E-state index contributed by atoms with van der Waals surface area (Å²) in [6.07, 6.45) is 2.96. The number of benzene rings is 1. The smallest absolute Gasteiger partial charge is 0.223 e. The van der Waals surface area contributed by atoms with Gasteiger partial charge in [-0.25, -0.2) is 0 Å². The second-order valence-corrected chi connectivity index (χ2v) is 6.55. The van der Waals surface area contributed by atoms with Crippen LogP contribution in [0.25, 0.3) is 0 Å². The summed E-state index contributed by atoms with van der Waals surface area (Å²) in [4.78, 5) is 11.9. The highest BCUT2D eigenvalue weighted by Gasteiger charge is 2.18. The largest absolute Gasteiger partial charge is 0.493 e. The van der Waals surface area contributed by atoms with Crippen molar-refractivity contribution in [1.29, 1.82) is 0 Å². The van der Waals surface area contributed by atoms with E-state index in [2.05, 4.69) is 27.3 Å². The standard InChI is InChI=1S/C14H18BrNO2S/c1-9(8-19-2)14(17)16-7-11-6-12(15)5-10-3-4-18-13(10)11/h5-6,9H,3-4,7-8H2,1-2H3,(H,16,17). The molecule has 1 aromatic carbocycles. The molecule has 0 spiro atoms. The van der Waals surface area contributed by atoms with Crippen molar-refractivity contribution >= 4 is 33.6 Å². The molecular formula is C14H18BrNO2S. The highest BCUT2D eigenvalue weighted by molar-refractivity contribution is 9.10. The predicted molar refractivity (Wildman–Crippen MR) is 82.7 cm³/mol. The molecule has 1 amide bonds. The number of nitrogens with one attached hydrogen (secondary N) is 1. The molecule has 1 aliphatic rings. The third-order valence-corrected chi connectivity index (χ3v) is 4.43. The molecule has 0 fully saturated rings. The van der Waals surface area contributed by atoms with Gasteiger partial charge in [-0.1, -0.05) is 22.9 Å². The Hall–Kier alpha value is -0.680.